The van der Waals surface area contributed by atoms with Crippen molar-refractivity contribution in [2.75, 3.05) is 13.6 Å². The summed E-state index contributed by atoms with van der Waals surface area (Å²) in [5.41, 5.74) is 9.66. The van der Waals surface area contributed by atoms with Gasteiger partial charge < -0.3 is 19.9 Å². The molecule has 8 nitrogen and oxygen atoms in total. The predicted molar refractivity (Wildman–Crippen MR) is 158 cm³/mol. The minimum atomic E-state index is -0.880. The largest absolute Gasteiger partial charge is 0.441 e. The van der Waals surface area contributed by atoms with Gasteiger partial charge in [0, 0.05) is 47.4 Å². The number of rotatable bonds is 8. The molecule has 206 valence electrons. The van der Waals surface area contributed by atoms with Crippen LogP contribution in [0.2, 0.25) is 0 Å². The van der Waals surface area contributed by atoms with Crippen LogP contribution >= 0.6 is 11.3 Å². The number of aryl methyl sites for hydroxylation is 1. The molecule has 2 atom stereocenters. The van der Waals surface area contributed by atoms with Gasteiger partial charge >= 0.3 is 0 Å². The molecule has 2 aromatic heterocycles. The second kappa shape index (κ2) is 11.6. The lowest BCUT2D eigenvalue weighted by Gasteiger charge is -2.27. The zero-order valence-electron chi connectivity index (χ0n) is 23.0. The highest BCUT2D eigenvalue weighted by atomic mass is 32.1. The van der Waals surface area contributed by atoms with Crippen molar-refractivity contribution >= 4 is 28.9 Å². The Morgan fingerprint density at radius 2 is 2.02 bits per heavy atom. The molecule has 0 spiro atoms. The van der Waals surface area contributed by atoms with E-state index in [2.05, 4.69) is 21.7 Å². The molecule has 0 bridgehead atoms. The molecule has 5 rings (SSSR count). The minimum absolute atomic E-state index is 0.0437. The summed E-state index contributed by atoms with van der Waals surface area (Å²) in [7, 11) is 1.65. The van der Waals surface area contributed by atoms with Gasteiger partial charge in [0.15, 0.2) is 5.76 Å². The lowest BCUT2D eigenvalue weighted by molar-refractivity contribution is 0.0735. The summed E-state index contributed by atoms with van der Waals surface area (Å²) in [4.78, 5) is 24.8. The van der Waals surface area contributed by atoms with Crippen LogP contribution in [0.4, 0.5) is 0 Å². The molecule has 9 heteroatoms. The van der Waals surface area contributed by atoms with Crippen LogP contribution in [-0.2, 0) is 11.2 Å². The average molecular weight is 556 g/mol. The van der Waals surface area contributed by atoms with Gasteiger partial charge in [-0.05, 0) is 56.9 Å². The Balaban J connectivity index is 1.44. The van der Waals surface area contributed by atoms with Gasteiger partial charge in [-0.3, -0.25) is 9.79 Å². The maximum Gasteiger partial charge on any atom is 0.254 e. The lowest BCUT2D eigenvalue weighted by atomic mass is 9.93. The molecule has 0 aliphatic carbocycles. The van der Waals surface area contributed by atoms with Crippen LogP contribution < -0.4 is 5.73 Å². The van der Waals surface area contributed by atoms with Crippen molar-refractivity contribution in [3.8, 4) is 11.3 Å². The van der Waals surface area contributed by atoms with Gasteiger partial charge in [0.05, 0.1) is 17.8 Å². The number of thiazole rings is 1. The molecule has 3 heterocycles. The molecule has 2 unspecified atom stereocenters. The van der Waals surface area contributed by atoms with Crippen LogP contribution in [0.1, 0.15) is 58.0 Å². The van der Waals surface area contributed by atoms with Gasteiger partial charge in [-0.1, -0.05) is 42.1 Å². The van der Waals surface area contributed by atoms with E-state index in [1.165, 1.54) is 0 Å². The number of nitrogens with zero attached hydrogens (tertiary/aromatic N) is 4. The van der Waals surface area contributed by atoms with E-state index in [0.29, 0.717) is 47.1 Å². The van der Waals surface area contributed by atoms with Crippen LogP contribution in [0.5, 0.6) is 0 Å². The first-order chi connectivity index (χ1) is 19.2. The summed E-state index contributed by atoms with van der Waals surface area (Å²) in [6.07, 6.45) is 3.91. The van der Waals surface area contributed by atoms with Crippen LogP contribution in [0.3, 0.4) is 0 Å². The van der Waals surface area contributed by atoms with Crippen molar-refractivity contribution in [1.29, 1.82) is 0 Å². The van der Waals surface area contributed by atoms with Gasteiger partial charge in [-0.2, -0.15) is 0 Å². The zero-order chi connectivity index (χ0) is 28.3. The standard InChI is InChI=1S/C31H33N5O3S/c1-20-19-40-28(35-20)26-11-8-14-36(26)29(37)25-16-23(15-24(17-25)27-12-13-34-39-27)21(2)38-30(33-4)31(3,32)18-22-9-6-5-7-10-22/h5-7,9-10,12-13,15-17,19,26H,2,8,11,14,18,32H2,1,3-4H3. The lowest BCUT2D eigenvalue weighted by Crippen LogP contribution is -2.48. The van der Waals surface area contributed by atoms with E-state index in [-0.39, 0.29) is 11.9 Å². The Hall–Kier alpha value is -4.08. The normalized spacial score (nSPS) is 17.1. The van der Waals surface area contributed by atoms with E-state index in [1.807, 2.05) is 66.6 Å². The third kappa shape index (κ3) is 5.90. The second-order valence-electron chi connectivity index (χ2n) is 10.3. The smallest absolute Gasteiger partial charge is 0.254 e. The topological polar surface area (TPSA) is 107 Å². The highest BCUT2D eigenvalue weighted by molar-refractivity contribution is 7.09. The number of amides is 1. The van der Waals surface area contributed by atoms with Crippen molar-refractivity contribution in [3.05, 3.63) is 100 Å². The van der Waals surface area contributed by atoms with Crippen molar-refractivity contribution < 1.29 is 14.1 Å². The molecule has 4 aromatic rings. The van der Waals surface area contributed by atoms with Crippen molar-refractivity contribution in [2.24, 2.45) is 10.7 Å². The number of hydrogen-bond donors (Lipinski definition) is 1. The van der Waals surface area contributed by atoms with Crippen LogP contribution in [0.15, 0.2) is 82.3 Å². The van der Waals surface area contributed by atoms with Crippen LogP contribution in [0, 0.1) is 6.92 Å². The molecule has 1 aliphatic rings. The summed E-state index contributed by atoms with van der Waals surface area (Å²) in [5.74, 6) is 1.13. The fourth-order valence-corrected chi connectivity index (χ4v) is 6.01. The number of aromatic nitrogens is 2. The van der Waals surface area contributed by atoms with Crippen molar-refractivity contribution in [3.63, 3.8) is 0 Å². The molecule has 1 fully saturated rings. The fourth-order valence-electron chi connectivity index (χ4n) is 5.07. The first-order valence-corrected chi connectivity index (χ1v) is 14.1. The Labute approximate surface area is 238 Å². The predicted octanol–water partition coefficient (Wildman–Crippen LogP) is 6.06. The number of carbonyl (C=O) groups excluding carboxylic acids is 1. The van der Waals surface area contributed by atoms with Gasteiger partial charge in [0.2, 0.25) is 5.90 Å². The van der Waals surface area contributed by atoms with Crippen LogP contribution in [0.25, 0.3) is 17.1 Å². The summed E-state index contributed by atoms with van der Waals surface area (Å²) in [6.45, 7) is 8.70. The Kier molecular flexibility index (Phi) is 7.95. The van der Waals surface area contributed by atoms with Gasteiger partial charge in [0.1, 0.15) is 10.8 Å². The van der Waals surface area contributed by atoms with E-state index < -0.39 is 5.54 Å². The molecule has 1 saturated heterocycles. The average Bonchev–Trinajstić information content (AvgIpc) is 3.73. The highest BCUT2D eigenvalue weighted by Gasteiger charge is 2.33. The first-order valence-electron chi connectivity index (χ1n) is 13.2. The zero-order valence-corrected chi connectivity index (χ0v) is 23.8. The van der Waals surface area contributed by atoms with Crippen molar-refractivity contribution in [1.82, 2.24) is 15.0 Å². The first kappa shape index (κ1) is 27.5. The molecule has 1 aliphatic heterocycles. The van der Waals surface area contributed by atoms with E-state index in [9.17, 15) is 4.79 Å². The molecular formula is C31H33N5O3S. The van der Waals surface area contributed by atoms with Gasteiger partial charge in [0.25, 0.3) is 5.91 Å². The molecule has 1 amide bonds. The van der Waals surface area contributed by atoms with E-state index in [1.54, 1.807) is 36.7 Å². The molecule has 2 aromatic carbocycles. The highest BCUT2D eigenvalue weighted by Crippen LogP contribution is 2.36. The summed E-state index contributed by atoms with van der Waals surface area (Å²) in [6, 6.07) is 17.1. The summed E-state index contributed by atoms with van der Waals surface area (Å²) >= 11 is 1.60. The van der Waals surface area contributed by atoms with E-state index in [4.69, 9.17) is 15.0 Å². The molecule has 0 saturated carbocycles. The molecule has 40 heavy (non-hydrogen) atoms. The maximum absolute atomic E-state index is 13.9. The quantitative estimate of drug-likeness (QED) is 0.161. The maximum atomic E-state index is 13.9. The SMILES string of the molecule is C=C(OC(=NC)C(C)(N)Cc1ccccc1)c1cc(C(=O)N2CCCC2c2nc(C)cs2)cc(-c2ccno2)c1. The molecule has 0 radical (unpaired) electrons. The number of benzene rings is 2. The third-order valence-corrected chi connectivity index (χ3v) is 8.05. The summed E-state index contributed by atoms with van der Waals surface area (Å²) < 4.78 is 11.6. The van der Waals surface area contributed by atoms with E-state index >= 15 is 0 Å². The summed E-state index contributed by atoms with van der Waals surface area (Å²) in [5, 5.41) is 6.84. The Morgan fingerprint density at radius 3 is 2.70 bits per heavy atom. The molecule has 2 N–H and O–H groups in total. The van der Waals surface area contributed by atoms with E-state index in [0.717, 1.165) is 29.1 Å². The molecular weight excluding hydrogens is 522 g/mol. The number of carbonyl (C=O) groups is 1. The number of likely N-dealkylation sites (tertiary alicyclic amines) is 1. The Morgan fingerprint density at radius 1 is 1.25 bits per heavy atom. The van der Waals surface area contributed by atoms with Gasteiger partial charge in [-0.15, -0.1) is 11.3 Å². The number of nitrogens with two attached hydrogens (primary N) is 1. The van der Waals surface area contributed by atoms with Crippen molar-refractivity contribution in [2.45, 2.75) is 44.7 Å². The number of aliphatic imine (C=N–C) groups is 1. The number of ether oxygens (including phenoxy) is 1. The number of hydrogen-bond acceptors (Lipinski definition) is 8. The second-order valence-corrected chi connectivity index (χ2v) is 11.2. The third-order valence-electron chi connectivity index (χ3n) is 6.99. The Bertz CT molecular complexity index is 1530. The fraction of sp³-hybridized carbons (Fsp3) is 0.290. The minimum Gasteiger partial charge on any atom is -0.441 e. The van der Waals surface area contributed by atoms with Crippen LogP contribution in [-0.4, -0.2) is 46.0 Å². The van der Waals surface area contributed by atoms with Gasteiger partial charge in [-0.25, -0.2) is 4.98 Å². The monoisotopic (exact) mass is 555 g/mol.